The molecule has 164 valence electrons. The van der Waals surface area contributed by atoms with Gasteiger partial charge in [0.2, 0.25) is 0 Å². The molecule has 0 fully saturated rings. The molecule has 8 heteroatoms. The molecule has 0 aliphatic carbocycles. The van der Waals surface area contributed by atoms with Gasteiger partial charge in [0.1, 0.15) is 16.5 Å². The van der Waals surface area contributed by atoms with Crippen molar-refractivity contribution in [3.05, 3.63) is 58.7 Å². The number of aromatic nitrogens is 1. The quantitative estimate of drug-likeness (QED) is 0.595. The van der Waals surface area contributed by atoms with Gasteiger partial charge in [-0.05, 0) is 38.1 Å². The molecule has 2 aromatic heterocycles. The van der Waals surface area contributed by atoms with Crippen LogP contribution in [0.5, 0.6) is 11.5 Å². The Morgan fingerprint density at radius 3 is 2.45 bits per heavy atom. The summed E-state index contributed by atoms with van der Waals surface area (Å²) in [4.78, 5) is 16.5. The number of benzene rings is 1. The smallest absolute Gasteiger partial charge is 0.319 e. The fourth-order valence-electron chi connectivity index (χ4n) is 3.97. The maximum atomic E-state index is 12.8. The van der Waals surface area contributed by atoms with E-state index in [9.17, 15) is 4.79 Å². The van der Waals surface area contributed by atoms with Crippen molar-refractivity contribution in [1.29, 1.82) is 0 Å². The Morgan fingerprint density at radius 1 is 1.13 bits per heavy atom. The van der Waals surface area contributed by atoms with Crippen molar-refractivity contribution >= 4 is 23.1 Å². The van der Waals surface area contributed by atoms with E-state index in [0.717, 1.165) is 19.5 Å². The van der Waals surface area contributed by atoms with Gasteiger partial charge in [0.15, 0.2) is 0 Å². The Balaban J connectivity index is 1.57. The van der Waals surface area contributed by atoms with Crippen LogP contribution in [-0.2, 0) is 13.0 Å². The van der Waals surface area contributed by atoms with Gasteiger partial charge in [0.25, 0.3) is 0 Å². The van der Waals surface area contributed by atoms with Gasteiger partial charge in [-0.15, -0.1) is 11.3 Å². The largest absolute Gasteiger partial charge is 0.497 e. The first-order valence-corrected chi connectivity index (χ1v) is 11.1. The number of thiophene rings is 1. The molecule has 1 aliphatic rings. The molecule has 3 heterocycles. The Bertz CT molecular complexity index is 1040. The molecular formula is C23H28N4O3S. The fraction of sp³-hybridized carbons (Fsp3) is 0.348. The highest BCUT2D eigenvalue weighted by Crippen LogP contribution is 2.39. The van der Waals surface area contributed by atoms with E-state index in [1.54, 1.807) is 32.4 Å². The summed E-state index contributed by atoms with van der Waals surface area (Å²) in [5.41, 5.74) is 3.17. The van der Waals surface area contributed by atoms with Crippen molar-refractivity contribution in [2.45, 2.75) is 25.9 Å². The van der Waals surface area contributed by atoms with Gasteiger partial charge in [-0.3, -0.25) is 0 Å². The number of carbonyl (C=O) groups is 1. The topological polar surface area (TPSA) is 67.8 Å². The number of urea groups is 1. The number of ether oxygens (including phenoxy) is 2. The van der Waals surface area contributed by atoms with Crippen molar-refractivity contribution in [3.8, 4) is 16.5 Å². The number of methoxy groups -OCH3 is 2. The van der Waals surface area contributed by atoms with E-state index in [-0.39, 0.29) is 12.1 Å². The zero-order valence-electron chi connectivity index (χ0n) is 18.3. The lowest BCUT2D eigenvalue weighted by atomic mass is 9.98. The highest BCUT2D eigenvalue weighted by atomic mass is 32.1. The van der Waals surface area contributed by atoms with Crippen LogP contribution in [0, 0.1) is 0 Å². The number of likely N-dealkylation sites (N-methyl/N-ethyl adjacent to an activating group) is 1. The first-order chi connectivity index (χ1) is 15.0. The standard InChI is InChI=1S/C23H28N4O3S/c1-15(24-23(28)25-16-11-17(29-3)13-18(12-16)30-4)21-19-7-10-26(2)14-20(19)31-22(21)27-8-5-6-9-27/h5-6,8-9,11-13,15H,7,10,14H2,1-4H3,(H2,24,25,28)/t15-/m0/s1. The molecule has 31 heavy (non-hydrogen) atoms. The Kier molecular flexibility index (Phi) is 6.20. The van der Waals surface area contributed by atoms with E-state index in [0.29, 0.717) is 17.2 Å². The summed E-state index contributed by atoms with van der Waals surface area (Å²) >= 11 is 1.81. The molecule has 2 amide bonds. The monoisotopic (exact) mass is 440 g/mol. The van der Waals surface area contributed by atoms with E-state index >= 15 is 0 Å². The second-order valence-corrected chi connectivity index (χ2v) is 8.81. The number of hydrogen-bond acceptors (Lipinski definition) is 5. The zero-order chi connectivity index (χ0) is 22.0. The van der Waals surface area contributed by atoms with Gasteiger partial charge in [-0.2, -0.15) is 0 Å². The Labute approximate surface area is 186 Å². The number of fused-ring (bicyclic) bond motifs is 1. The molecule has 0 unspecified atom stereocenters. The molecule has 0 spiro atoms. The van der Waals surface area contributed by atoms with Crippen LogP contribution in [0.1, 0.15) is 29.0 Å². The van der Waals surface area contributed by atoms with Crippen molar-refractivity contribution < 1.29 is 14.3 Å². The number of amides is 2. The molecule has 0 radical (unpaired) electrons. The maximum absolute atomic E-state index is 12.8. The molecule has 3 aromatic rings. The number of nitrogens with one attached hydrogen (secondary N) is 2. The highest BCUT2D eigenvalue weighted by Gasteiger charge is 2.27. The third kappa shape index (κ3) is 4.55. The van der Waals surface area contributed by atoms with E-state index in [1.807, 2.05) is 30.4 Å². The molecular weight excluding hydrogens is 412 g/mol. The minimum Gasteiger partial charge on any atom is -0.497 e. The van der Waals surface area contributed by atoms with Gasteiger partial charge in [0.05, 0.1) is 20.3 Å². The fourth-order valence-corrected chi connectivity index (χ4v) is 5.46. The molecule has 0 saturated carbocycles. The molecule has 1 atom stereocenters. The third-order valence-electron chi connectivity index (χ3n) is 5.50. The van der Waals surface area contributed by atoms with Crippen LogP contribution in [0.4, 0.5) is 10.5 Å². The van der Waals surface area contributed by atoms with Crippen molar-refractivity contribution in [2.75, 3.05) is 33.1 Å². The van der Waals surface area contributed by atoms with Crippen LogP contribution >= 0.6 is 11.3 Å². The number of carbonyl (C=O) groups excluding carboxylic acids is 1. The summed E-state index contributed by atoms with van der Waals surface area (Å²) in [5.74, 6) is 1.24. The second kappa shape index (κ2) is 9.03. The molecule has 7 nitrogen and oxygen atoms in total. The van der Waals surface area contributed by atoms with Crippen LogP contribution in [0.3, 0.4) is 0 Å². The Hall–Kier alpha value is -2.97. The number of rotatable bonds is 6. The summed E-state index contributed by atoms with van der Waals surface area (Å²) < 4.78 is 12.7. The average molecular weight is 441 g/mol. The molecule has 2 N–H and O–H groups in total. The summed E-state index contributed by atoms with van der Waals surface area (Å²) in [5, 5.41) is 7.19. The molecule has 1 aliphatic heterocycles. The predicted molar refractivity (Wildman–Crippen MR) is 124 cm³/mol. The second-order valence-electron chi connectivity index (χ2n) is 7.72. The van der Waals surface area contributed by atoms with E-state index in [2.05, 4.69) is 39.5 Å². The summed E-state index contributed by atoms with van der Waals surface area (Å²) in [7, 11) is 5.32. The van der Waals surface area contributed by atoms with Gasteiger partial charge < -0.3 is 29.6 Å². The molecule has 0 bridgehead atoms. The molecule has 1 aromatic carbocycles. The van der Waals surface area contributed by atoms with E-state index < -0.39 is 0 Å². The Morgan fingerprint density at radius 2 is 1.81 bits per heavy atom. The van der Waals surface area contributed by atoms with Crippen LogP contribution < -0.4 is 20.1 Å². The lowest BCUT2D eigenvalue weighted by Gasteiger charge is -2.24. The number of anilines is 1. The summed E-state index contributed by atoms with van der Waals surface area (Å²) in [6.45, 7) is 4.00. The van der Waals surface area contributed by atoms with Crippen LogP contribution in [0.2, 0.25) is 0 Å². The van der Waals surface area contributed by atoms with Gasteiger partial charge in [0, 0.05) is 59.8 Å². The van der Waals surface area contributed by atoms with E-state index in [1.165, 1.54) is 21.0 Å². The zero-order valence-corrected chi connectivity index (χ0v) is 19.1. The highest BCUT2D eigenvalue weighted by molar-refractivity contribution is 7.15. The van der Waals surface area contributed by atoms with Crippen molar-refractivity contribution in [3.63, 3.8) is 0 Å². The first kappa shape index (κ1) is 21.3. The van der Waals surface area contributed by atoms with Gasteiger partial charge in [-0.25, -0.2) is 4.79 Å². The number of nitrogens with zero attached hydrogens (tertiary/aromatic N) is 2. The van der Waals surface area contributed by atoms with Gasteiger partial charge in [-0.1, -0.05) is 0 Å². The molecule has 4 rings (SSSR count). The SMILES string of the molecule is COc1cc(NC(=O)N[C@@H](C)c2c(-n3cccc3)sc3c2CCN(C)C3)cc(OC)c1. The van der Waals surface area contributed by atoms with Crippen molar-refractivity contribution in [1.82, 2.24) is 14.8 Å². The average Bonchev–Trinajstić information content (AvgIpc) is 3.40. The summed E-state index contributed by atoms with van der Waals surface area (Å²) in [6, 6.07) is 8.93. The lowest BCUT2D eigenvalue weighted by Crippen LogP contribution is -2.32. The van der Waals surface area contributed by atoms with E-state index in [4.69, 9.17) is 9.47 Å². The van der Waals surface area contributed by atoms with Crippen molar-refractivity contribution in [2.24, 2.45) is 0 Å². The minimum absolute atomic E-state index is 0.145. The van der Waals surface area contributed by atoms with Gasteiger partial charge >= 0.3 is 6.03 Å². The number of hydrogen-bond donors (Lipinski definition) is 2. The first-order valence-electron chi connectivity index (χ1n) is 10.3. The maximum Gasteiger partial charge on any atom is 0.319 e. The van der Waals surface area contributed by atoms with Crippen LogP contribution in [-0.4, -0.2) is 43.3 Å². The lowest BCUT2D eigenvalue weighted by molar-refractivity contribution is 0.249. The van der Waals surface area contributed by atoms with Crippen LogP contribution in [0.25, 0.3) is 5.00 Å². The normalized spacial score (nSPS) is 14.6. The van der Waals surface area contributed by atoms with Crippen LogP contribution in [0.15, 0.2) is 42.7 Å². The third-order valence-corrected chi connectivity index (χ3v) is 6.74. The molecule has 0 saturated heterocycles. The summed E-state index contributed by atoms with van der Waals surface area (Å²) in [6.07, 6.45) is 5.10. The minimum atomic E-state index is -0.269. The predicted octanol–water partition coefficient (Wildman–Crippen LogP) is 4.43.